The average Bonchev–Trinajstić information content (AvgIpc) is 2.53. The maximum absolute atomic E-state index is 12.2. The topological polar surface area (TPSA) is 98.3 Å². The molecule has 1 saturated heterocycles. The maximum atomic E-state index is 12.2. The zero-order valence-electron chi connectivity index (χ0n) is 10.2. The Bertz CT molecular complexity index is 564. The van der Waals surface area contributed by atoms with Crippen LogP contribution >= 0.6 is 0 Å². The highest BCUT2D eigenvalue weighted by atomic mass is 32.2. The highest BCUT2D eigenvalue weighted by Crippen LogP contribution is 2.15. The molecule has 8 heteroatoms. The number of hydrogen-bond acceptors (Lipinski definition) is 5. The molecule has 0 radical (unpaired) electrons. The monoisotopic (exact) mass is 272 g/mol. The first kappa shape index (κ1) is 12.9. The van der Waals surface area contributed by atoms with Crippen LogP contribution in [0.25, 0.3) is 0 Å². The predicted octanol–water partition coefficient (Wildman–Crippen LogP) is -0.737. The van der Waals surface area contributed by atoms with Gasteiger partial charge in [-0.1, -0.05) is 0 Å². The van der Waals surface area contributed by atoms with Crippen LogP contribution in [0.2, 0.25) is 0 Å². The molecule has 2 heterocycles. The van der Waals surface area contributed by atoms with E-state index in [0.717, 1.165) is 0 Å². The number of anilines is 1. The van der Waals surface area contributed by atoms with Crippen molar-refractivity contribution in [3.8, 4) is 0 Å². The van der Waals surface area contributed by atoms with Gasteiger partial charge < -0.3 is 10.6 Å². The van der Waals surface area contributed by atoms with E-state index in [2.05, 4.69) is 5.10 Å². The molecule has 1 amide bonds. The molecule has 0 atom stereocenters. The predicted molar refractivity (Wildman–Crippen MR) is 66.8 cm³/mol. The van der Waals surface area contributed by atoms with E-state index in [4.69, 9.17) is 5.73 Å². The summed E-state index contributed by atoms with van der Waals surface area (Å²) < 4.78 is 24.4. The van der Waals surface area contributed by atoms with Crippen LogP contribution in [0, 0.1) is 0 Å². The summed E-state index contributed by atoms with van der Waals surface area (Å²) in [5.41, 5.74) is 6.07. The number of amides is 1. The Morgan fingerprint density at radius 1 is 1.39 bits per heavy atom. The number of aromatic nitrogens is 2. The summed E-state index contributed by atoms with van der Waals surface area (Å²) in [5.74, 6) is 0.197. The van der Waals surface area contributed by atoms with Crippen LogP contribution in [0.15, 0.2) is 6.20 Å². The van der Waals surface area contributed by atoms with Crippen LogP contribution in [0.1, 0.15) is 16.8 Å². The Morgan fingerprint density at radius 3 is 2.72 bits per heavy atom. The fourth-order valence-electron chi connectivity index (χ4n) is 1.92. The molecule has 1 aromatic heterocycles. The molecular weight excluding hydrogens is 256 g/mol. The third-order valence-corrected chi connectivity index (χ3v) is 4.77. The molecule has 1 aliphatic heterocycles. The van der Waals surface area contributed by atoms with Gasteiger partial charge in [-0.25, -0.2) is 8.42 Å². The third kappa shape index (κ3) is 2.47. The van der Waals surface area contributed by atoms with Gasteiger partial charge in [-0.05, 0) is 6.42 Å². The lowest BCUT2D eigenvalue weighted by Gasteiger charge is -2.19. The van der Waals surface area contributed by atoms with E-state index in [1.807, 2.05) is 0 Å². The van der Waals surface area contributed by atoms with Crippen molar-refractivity contribution in [1.82, 2.24) is 14.7 Å². The number of nitrogens with zero attached hydrogens (tertiary/aromatic N) is 3. The third-order valence-electron chi connectivity index (χ3n) is 3.06. The maximum Gasteiger partial charge on any atom is 0.259 e. The van der Waals surface area contributed by atoms with Crippen molar-refractivity contribution in [2.45, 2.75) is 6.42 Å². The molecule has 7 nitrogen and oxygen atoms in total. The standard InChI is InChI=1S/C10H16N4O3S/c1-13-9(11)8(7-12-13)10(15)14-3-2-5-18(16,17)6-4-14/h7H,2-6,11H2,1H3. The van der Waals surface area contributed by atoms with Gasteiger partial charge in [-0.15, -0.1) is 0 Å². The summed E-state index contributed by atoms with van der Waals surface area (Å²) in [6, 6.07) is 0. The molecule has 1 aliphatic rings. The van der Waals surface area contributed by atoms with E-state index in [-0.39, 0.29) is 24.0 Å². The van der Waals surface area contributed by atoms with Crippen molar-refractivity contribution in [1.29, 1.82) is 0 Å². The summed E-state index contributed by atoms with van der Waals surface area (Å²) in [5, 5.41) is 3.91. The van der Waals surface area contributed by atoms with E-state index >= 15 is 0 Å². The second-order valence-electron chi connectivity index (χ2n) is 4.36. The molecule has 1 fully saturated rings. The first-order chi connectivity index (χ1) is 8.41. The summed E-state index contributed by atoms with van der Waals surface area (Å²) >= 11 is 0. The summed E-state index contributed by atoms with van der Waals surface area (Å²) in [6.45, 7) is 0.655. The van der Waals surface area contributed by atoms with Gasteiger partial charge in [-0.3, -0.25) is 9.48 Å². The summed E-state index contributed by atoms with van der Waals surface area (Å²) in [7, 11) is -1.37. The van der Waals surface area contributed by atoms with E-state index in [0.29, 0.717) is 24.3 Å². The number of aryl methyl sites for hydroxylation is 1. The largest absolute Gasteiger partial charge is 0.383 e. The van der Waals surface area contributed by atoms with Gasteiger partial charge in [0.2, 0.25) is 0 Å². The van der Waals surface area contributed by atoms with Crippen molar-refractivity contribution < 1.29 is 13.2 Å². The van der Waals surface area contributed by atoms with Gasteiger partial charge in [0, 0.05) is 20.1 Å². The zero-order valence-corrected chi connectivity index (χ0v) is 11.0. The number of nitrogens with two attached hydrogens (primary N) is 1. The molecule has 0 aliphatic carbocycles. The van der Waals surface area contributed by atoms with Crippen LogP contribution in [0.3, 0.4) is 0 Å². The molecule has 0 spiro atoms. The Labute approximate surface area is 105 Å². The van der Waals surface area contributed by atoms with Crippen molar-refractivity contribution in [2.24, 2.45) is 7.05 Å². The molecule has 0 bridgehead atoms. The van der Waals surface area contributed by atoms with E-state index in [9.17, 15) is 13.2 Å². The first-order valence-electron chi connectivity index (χ1n) is 5.68. The summed E-state index contributed by atoms with van der Waals surface area (Å²) in [4.78, 5) is 13.7. The smallest absolute Gasteiger partial charge is 0.259 e. The Morgan fingerprint density at radius 2 is 2.11 bits per heavy atom. The quantitative estimate of drug-likeness (QED) is 0.726. The molecule has 100 valence electrons. The van der Waals surface area contributed by atoms with Crippen molar-refractivity contribution in [3.63, 3.8) is 0 Å². The SMILES string of the molecule is Cn1ncc(C(=O)N2CCCS(=O)(=O)CC2)c1N. The number of nitrogen functional groups attached to an aromatic ring is 1. The minimum absolute atomic E-state index is 0.0128. The lowest BCUT2D eigenvalue weighted by atomic mass is 10.2. The summed E-state index contributed by atoms with van der Waals surface area (Å²) in [6.07, 6.45) is 1.88. The Hall–Kier alpha value is -1.57. The van der Waals surface area contributed by atoms with Gasteiger partial charge in [0.15, 0.2) is 9.84 Å². The molecule has 18 heavy (non-hydrogen) atoms. The van der Waals surface area contributed by atoms with Gasteiger partial charge in [0.1, 0.15) is 11.4 Å². The zero-order chi connectivity index (χ0) is 13.3. The second kappa shape index (κ2) is 4.60. The highest BCUT2D eigenvalue weighted by Gasteiger charge is 2.25. The van der Waals surface area contributed by atoms with E-state index in [1.165, 1.54) is 15.8 Å². The van der Waals surface area contributed by atoms with Crippen LogP contribution in [-0.4, -0.2) is 53.6 Å². The molecule has 0 saturated carbocycles. The fraction of sp³-hybridized carbons (Fsp3) is 0.600. The van der Waals surface area contributed by atoms with Gasteiger partial charge in [0.05, 0.1) is 17.7 Å². The van der Waals surface area contributed by atoms with Crippen LogP contribution < -0.4 is 5.73 Å². The lowest BCUT2D eigenvalue weighted by Crippen LogP contribution is -2.33. The number of carbonyl (C=O) groups is 1. The van der Waals surface area contributed by atoms with E-state index < -0.39 is 9.84 Å². The lowest BCUT2D eigenvalue weighted by molar-refractivity contribution is 0.0769. The minimum atomic E-state index is -3.02. The number of hydrogen-bond donors (Lipinski definition) is 1. The van der Waals surface area contributed by atoms with Gasteiger partial charge in [-0.2, -0.15) is 5.10 Å². The van der Waals surface area contributed by atoms with E-state index in [1.54, 1.807) is 7.05 Å². The molecule has 1 aromatic rings. The average molecular weight is 272 g/mol. The second-order valence-corrected chi connectivity index (χ2v) is 6.67. The van der Waals surface area contributed by atoms with Gasteiger partial charge >= 0.3 is 0 Å². The fourth-order valence-corrected chi connectivity index (χ4v) is 3.20. The highest BCUT2D eigenvalue weighted by molar-refractivity contribution is 7.91. The van der Waals surface area contributed by atoms with Gasteiger partial charge in [0.25, 0.3) is 5.91 Å². The minimum Gasteiger partial charge on any atom is -0.383 e. The van der Waals surface area contributed by atoms with Crippen LogP contribution in [0.5, 0.6) is 0 Å². The normalized spacial score (nSPS) is 19.5. The number of sulfone groups is 1. The first-order valence-corrected chi connectivity index (χ1v) is 7.50. The molecule has 2 N–H and O–H groups in total. The molecule has 2 rings (SSSR count). The van der Waals surface area contributed by atoms with Crippen LogP contribution in [-0.2, 0) is 16.9 Å². The number of carbonyl (C=O) groups excluding carboxylic acids is 1. The van der Waals surface area contributed by atoms with Crippen LogP contribution in [0.4, 0.5) is 5.82 Å². The van der Waals surface area contributed by atoms with Crippen molar-refractivity contribution >= 4 is 21.6 Å². The Kier molecular flexibility index (Phi) is 3.29. The number of rotatable bonds is 1. The van der Waals surface area contributed by atoms with Crippen molar-refractivity contribution in [2.75, 3.05) is 30.3 Å². The molecule has 0 unspecified atom stereocenters. The van der Waals surface area contributed by atoms with Crippen molar-refractivity contribution in [3.05, 3.63) is 11.8 Å². The molecule has 0 aromatic carbocycles. The molecular formula is C10H16N4O3S. The Balaban J connectivity index is 2.17.